The van der Waals surface area contributed by atoms with E-state index < -0.39 is 11.0 Å². The number of nitrogens with zero attached hydrogens (tertiary/aromatic N) is 1. The number of benzene rings is 5. The molecule has 5 unspecified atom stereocenters. The Morgan fingerprint density at radius 2 is 1.37 bits per heavy atom. The van der Waals surface area contributed by atoms with E-state index in [1.165, 1.54) is 44.5 Å². The second-order valence-corrected chi connectivity index (χ2v) is 15.3. The predicted molar refractivity (Wildman–Crippen MR) is 225 cm³/mol. The second kappa shape index (κ2) is 13.8. The molecule has 0 radical (unpaired) electrons. The molecule has 54 heavy (non-hydrogen) atoms. The maximum absolute atomic E-state index is 7.02. The van der Waals surface area contributed by atoms with Crippen molar-refractivity contribution in [3.8, 4) is 16.9 Å². The lowest BCUT2D eigenvalue weighted by Crippen LogP contribution is -2.55. The molecule has 264 valence electrons. The average Bonchev–Trinajstić information content (AvgIpc) is 3.39. The Kier molecular flexibility index (Phi) is 8.62. The number of para-hydroxylation sites is 1. The maximum Gasteiger partial charge on any atom is 0.132 e. The maximum atomic E-state index is 7.02. The third-order valence-corrected chi connectivity index (χ3v) is 11.9. The number of hydrogen-bond acceptors (Lipinski definition) is 2. The van der Waals surface area contributed by atoms with Crippen LogP contribution in [0.5, 0.6) is 5.75 Å². The summed E-state index contributed by atoms with van der Waals surface area (Å²) in [6, 6.07) is 49.8. The van der Waals surface area contributed by atoms with Crippen molar-refractivity contribution >= 4 is 11.3 Å². The van der Waals surface area contributed by atoms with Crippen molar-refractivity contribution in [3.63, 3.8) is 0 Å². The number of aliphatic imine (C=N–C) groups is 1. The Balaban J connectivity index is 1.24. The predicted octanol–water partition coefficient (Wildman–Crippen LogP) is 12.3. The van der Waals surface area contributed by atoms with E-state index in [1.54, 1.807) is 0 Å². The molecule has 2 heterocycles. The van der Waals surface area contributed by atoms with Crippen LogP contribution in [0.2, 0.25) is 0 Å². The van der Waals surface area contributed by atoms with Gasteiger partial charge in [0.25, 0.3) is 0 Å². The van der Waals surface area contributed by atoms with Crippen molar-refractivity contribution < 1.29 is 4.74 Å². The molecule has 0 fully saturated rings. The molecule has 2 aliphatic carbocycles. The first-order chi connectivity index (χ1) is 26.5. The smallest absolute Gasteiger partial charge is 0.132 e. The zero-order valence-corrected chi connectivity index (χ0v) is 31.0. The summed E-state index contributed by atoms with van der Waals surface area (Å²) >= 11 is 0. The lowest BCUT2D eigenvalue weighted by atomic mass is 9.50. The van der Waals surface area contributed by atoms with Crippen LogP contribution in [0.1, 0.15) is 48.9 Å². The molecule has 0 aromatic heterocycles. The number of fused-ring (bicyclic) bond motifs is 2. The third-order valence-electron chi connectivity index (χ3n) is 11.9. The molecule has 2 nitrogen and oxygen atoms in total. The molecule has 2 aliphatic heterocycles. The molecule has 0 N–H and O–H groups in total. The summed E-state index contributed by atoms with van der Waals surface area (Å²) in [4.78, 5) is 5.76. The normalized spacial score (nSPS) is 25.9. The van der Waals surface area contributed by atoms with Gasteiger partial charge in [0, 0.05) is 17.9 Å². The second-order valence-electron chi connectivity index (χ2n) is 15.3. The minimum Gasteiger partial charge on any atom is -0.483 e. The monoisotopic (exact) mass is 699 g/mol. The van der Waals surface area contributed by atoms with Gasteiger partial charge >= 0.3 is 0 Å². The molecular formula is C52H45NO. The van der Waals surface area contributed by atoms with Crippen LogP contribution in [0.25, 0.3) is 16.7 Å². The fourth-order valence-corrected chi connectivity index (χ4v) is 9.57. The van der Waals surface area contributed by atoms with Crippen molar-refractivity contribution in [1.82, 2.24) is 0 Å². The van der Waals surface area contributed by atoms with Gasteiger partial charge in [0.2, 0.25) is 0 Å². The van der Waals surface area contributed by atoms with E-state index in [1.807, 2.05) is 0 Å². The summed E-state index contributed by atoms with van der Waals surface area (Å²) in [6.45, 7) is 9.55. The molecule has 5 aromatic carbocycles. The molecule has 5 aromatic rings. The van der Waals surface area contributed by atoms with E-state index in [0.29, 0.717) is 6.42 Å². The van der Waals surface area contributed by atoms with Crippen LogP contribution in [0, 0.1) is 11.8 Å². The number of hydrogen-bond donors (Lipinski definition) is 0. The van der Waals surface area contributed by atoms with Crippen LogP contribution < -0.4 is 4.74 Å². The first-order valence-electron chi connectivity index (χ1n) is 19.2. The first kappa shape index (κ1) is 33.8. The highest BCUT2D eigenvalue weighted by Gasteiger charge is 2.58. The van der Waals surface area contributed by atoms with Gasteiger partial charge in [-0.15, -0.1) is 0 Å². The highest BCUT2D eigenvalue weighted by Crippen LogP contribution is 2.62. The van der Waals surface area contributed by atoms with E-state index in [4.69, 9.17) is 16.3 Å². The van der Waals surface area contributed by atoms with Crippen molar-refractivity contribution in [2.75, 3.05) is 0 Å². The topological polar surface area (TPSA) is 21.6 Å². The summed E-state index contributed by atoms with van der Waals surface area (Å²) in [5, 5.41) is 0. The SMILES string of the molecule is C=C1CC(c2cccc(-c3ccccc3)c2)=CC(c2ccccc2)=NC1C1=CC=CC(C)C1C1(c2ccccc2)C2=CC=CCC2(C)Oc2ccccc21. The molecule has 9 rings (SSSR count). The highest BCUT2D eigenvalue weighted by atomic mass is 16.5. The van der Waals surface area contributed by atoms with E-state index in [-0.39, 0.29) is 17.9 Å². The van der Waals surface area contributed by atoms with Gasteiger partial charge < -0.3 is 4.74 Å². The van der Waals surface area contributed by atoms with E-state index in [9.17, 15) is 0 Å². The van der Waals surface area contributed by atoms with Crippen molar-refractivity contribution in [2.24, 2.45) is 16.8 Å². The highest BCUT2D eigenvalue weighted by molar-refractivity contribution is 6.13. The molecule has 0 saturated carbocycles. The lowest BCUT2D eigenvalue weighted by molar-refractivity contribution is 0.0827. The van der Waals surface area contributed by atoms with Crippen molar-refractivity contribution in [3.05, 3.63) is 228 Å². The Morgan fingerprint density at radius 1 is 0.704 bits per heavy atom. The van der Waals surface area contributed by atoms with E-state index in [2.05, 4.69) is 196 Å². The Labute approximate surface area is 320 Å². The summed E-state index contributed by atoms with van der Waals surface area (Å²) in [5.41, 5.74) is 12.0. The Morgan fingerprint density at radius 3 is 2.15 bits per heavy atom. The zero-order valence-electron chi connectivity index (χ0n) is 31.0. The average molecular weight is 700 g/mol. The largest absolute Gasteiger partial charge is 0.483 e. The minimum atomic E-state index is -0.527. The first-order valence-corrected chi connectivity index (χ1v) is 19.2. The number of rotatable bonds is 6. The van der Waals surface area contributed by atoms with Crippen molar-refractivity contribution in [1.29, 1.82) is 0 Å². The molecule has 0 saturated heterocycles. The summed E-state index contributed by atoms with van der Waals surface area (Å²) in [5.74, 6) is 1.17. The number of ether oxygens (including phenoxy) is 1. The minimum absolute atomic E-state index is 0.0255. The van der Waals surface area contributed by atoms with Crippen LogP contribution in [0.4, 0.5) is 0 Å². The van der Waals surface area contributed by atoms with Crippen LogP contribution in [0.3, 0.4) is 0 Å². The molecular weight excluding hydrogens is 655 g/mol. The Hall–Kier alpha value is -5.99. The van der Waals surface area contributed by atoms with E-state index >= 15 is 0 Å². The summed E-state index contributed by atoms with van der Waals surface area (Å²) < 4.78 is 7.02. The van der Waals surface area contributed by atoms with Gasteiger partial charge in [0.1, 0.15) is 11.4 Å². The molecule has 0 bridgehead atoms. The van der Waals surface area contributed by atoms with Gasteiger partial charge in [-0.1, -0.05) is 177 Å². The van der Waals surface area contributed by atoms with Crippen LogP contribution >= 0.6 is 0 Å². The molecule has 4 aliphatic rings. The zero-order chi connectivity index (χ0) is 36.7. The van der Waals surface area contributed by atoms with Gasteiger partial charge in [-0.05, 0) is 87.6 Å². The lowest BCUT2D eigenvalue weighted by Gasteiger charge is -2.56. The molecule has 0 spiro atoms. The standard InChI is InChI=1S/C52H45NO/c1-36-19-17-28-44(49(36)52(43-26-11-6-12-27-43)45-29-13-14-30-47(45)54-51(3)32-16-15-31-48(51)52)50-37(2)33-42(35-46(53-50)39-22-9-5-10-23-39)41-25-18-24-40(34-41)38-20-7-4-8-21-38/h4-31,34-36,49-50H,2,32-33H2,1,3H3. The van der Waals surface area contributed by atoms with Gasteiger partial charge in [-0.3, -0.25) is 4.99 Å². The number of allylic oxidation sites excluding steroid dienone is 7. The van der Waals surface area contributed by atoms with Crippen LogP contribution in [-0.2, 0) is 5.41 Å². The third kappa shape index (κ3) is 5.69. The quantitative estimate of drug-likeness (QED) is 0.162. The van der Waals surface area contributed by atoms with E-state index in [0.717, 1.165) is 29.0 Å². The van der Waals surface area contributed by atoms with Gasteiger partial charge in [0.15, 0.2) is 0 Å². The summed E-state index contributed by atoms with van der Waals surface area (Å²) in [6.07, 6.45) is 17.6. The summed E-state index contributed by atoms with van der Waals surface area (Å²) in [7, 11) is 0. The van der Waals surface area contributed by atoms with Crippen LogP contribution in [0.15, 0.2) is 210 Å². The fraction of sp³-hybridized carbons (Fsp3) is 0.173. The molecule has 2 heteroatoms. The molecule has 0 amide bonds. The fourth-order valence-electron chi connectivity index (χ4n) is 9.57. The van der Waals surface area contributed by atoms with Crippen LogP contribution in [-0.4, -0.2) is 17.4 Å². The van der Waals surface area contributed by atoms with Gasteiger partial charge in [-0.25, -0.2) is 0 Å². The van der Waals surface area contributed by atoms with Gasteiger partial charge in [0.05, 0.1) is 17.2 Å². The van der Waals surface area contributed by atoms with Gasteiger partial charge in [-0.2, -0.15) is 0 Å². The molecule has 5 atom stereocenters. The Bertz CT molecular complexity index is 2410. The van der Waals surface area contributed by atoms with Crippen molar-refractivity contribution in [2.45, 2.75) is 43.7 Å².